The molecule has 0 spiro atoms. The number of hydrogen-bond acceptors (Lipinski definition) is 3. The second kappa shape index (κ2) is 4.42. The van der Waals surface area contributed by atoms with Crippen LogP contribution in [0.15, 0.2) is 23.1 Å². The molecule has 18 heavy (non-hydrogen) atoms. The molecule has 0 aromatic carbocycles. The largest absolute Gasteiger partial charge is 0.508 e. The average Bonchev–Trinajstić information content (AvgIpc) is 2.27. The highest BCUT2D eigenvalue weighted by molar-refractivity contribution is 6.29. The molecule has 0 saturated carbocycles. The van der Waals surface area contributed by atoms with Crippen LogP contribution < -0.4 is 5.56 Å². The van der Waals surface area contributed by atoms with Crippen molar-refractivity contribution < 1.29 is 9.50 Å². The average molecular weight is 269 g/mol. The van der Waals surface area contributed by atoms with Gasteiger partial charge in [-0.05, 0) is 25.5 Å². The topological polar surface area (TPSA) is 55.1 Å². The van der Waals surface area contributed by atoms with Gasteiger partial charge in [-0.3, -0.25) is 9.36 Å². The van der Waals surface area contributed by atoms with E-state index in [-0.39, 0.29) is 16.6 Å². The maximum atomic E-state index is 14.0. The molecule has 4 nitrogen and oxygen atoms in total. The molecule has 2 aromatic rings. The van der Waals surface area contributed by atoms with Gasteiger partial charge in [0.05, 0.1) is 5.69 Å². The highest BCUT2D eigenvalue weighted by atomic mass is 35.5. The quantitative estimate of drug-likeness (QED) is 0.808. The van der Waals surface area contributed by atoms with Gasteiger partial charge in [-0.25, -0.2) is 9.37 Å². The first-order valence-corrected chi connectivity index (χ1v) is 5.53. The number of pyridine rings is 2. The Morgan fingerprint density at radius 2 is 2.06 bits per heavy atom. The predicted molar refractivity (Wildman–Crippen MR) is 65.9 cm³/mol. The number of hydrogen-bond donors (Lipinski definition) is 1. The Hall–Kier alpha value is -1.88. The molecule has 0 unspecified atom stereocenters. The molecular weight excluding hydrogens is 259 g/mol. The van der Waals surface area contributed by atoms with E-state index in [1.165, 1.54) is 12.3 Å². The van der Waals surface area contributed by atoms with E-state index in [2.05, 4.69) is 4.98 Å². The molecular formula is C12H10ClFN2O2. The van der Waals surface area contributed by atoms with Gasteiger partial charge in [0.15, 0.2) is 11.0 Å². The lowest BCUT2D eigenvalue weighted by Crippen LogP contribution is -2.21. The predicted octanol–water partition coefficient (Wildman–Crippen LogP) is 2.35. The molecule has 1 N–H and O–H groups in total. The van der Waals surface area contributed by atoms with E-state index in [1.807, 2.05) is 0 Å². The van der Waals surface area contributed by atoms with Gasteiger partial charge in [0.1, 0.15) is 5.75 Å². The van der Waals surface area contributed by atoms with E-state index in [0.717, 1.165) is 10.6 Å². The third-order valence-corrected chi connectivity index (χ3v) is 2.82. The van der Waals surface area contributed by atoms with Gasteiger partial charge in [0, 0.05) is 18.0 Å². The fourth-order valence-electron chi connectivity index (χ4n) is 1.79. The fourth-order valence-corrected chi connectivity index (χ4v) is 1.93. The van der Waals surface area contributed by atoms with Crippen molar-refractivity contribution in [3.05, 3.63) is 50.9 Å². The van der Waals surface area contributed by atoms with Crippen molar-refractivity contribution in [2.45, 2.75) is 13.8 Å². The Morgan fingerprint density at radius 1 is 1.39 bits per heavy atom. The van der Waals surface area contributed by atoms with Gasteiger partial charge in [-0.2, -0.15) is 0 Å². The van der Waals surface area contributed by atoms with Crippen molar-refractivity contribution in [1.29, 1.82) is 0 Å². The standard InChI is InChI=1S/C12H10ClFN2O2/c1-6-5-15-12(13)10(14)11(6)16-7(2)3-8(17)4-9(16)18/h3-5,17H,1-2H3. The lowest BCUT2D eigenvalue weighted by atomic mass is 10.2. The summed E-state index contributed by atoms with van der Waals surface area (Å²) in [7, 11) is 0. The van der Waals surface area contributed by atoms with Crippen LogP contribution >= 0.6 is 11.6 Å². The van der Waals surface area contributed by atoms with Crippen molar-refractivity contribution >= 4 is 11.6 Å². The van der Waals surface area contributed by atoms with E-state index in [9.17, 15) is 14.3 Å². The minimum Gasteiger partial charge on any atom is -0.508 e. The van der Waals surface area contributed by atoms with Crippen LogP contribution in [0, 0.1) is 19.7 Å². The van der Waals surface area contributed by atoms with Crippen molar-refractivity contribution in [2.24, 2.45) is 0 Å². The van der Waals surface area contributed by atoms with Crippen LogP contribution in [-0.2, 0) is 0 Å². The van der Waals surface area contributed by atoms with Crippen LogP contribution in [0.25, 0.3) is 5.69 Å². The van der Waals surface area contributed by atoms with Crippen molar-refractivity contribution in [3.8, 4) is 11.4 Å². The molecule has 0 aliphatic carbocycles. The van der Waals surface area contributed by atoms with Gasteiger partial charge in [0.25, 0.3) is 5.56 Å². The van der Waals surface area contributed by atoms with Crippen LogP contribution in [0.5, 0.6) is 5.75 Å². The molecule has 6 heteroatoms. The summed E-state index contributed by atoms with van der Waals surface area (Å²) >= 11 is 5.62. The Bertz CT molecular complexity index is 683. The molecule has 2 heterocycles. The Balaban J connectivity index is 2.86. The number of rotatable bonds is 1. The zero-order valence-electron chi connectivity index (χ0n) is 9.74. The van der Waals surface area contributed by atoms with E-state index >= 15 is 0 Å². The Morgan fingerprint density at radius 3 is 2.67 bits per heavy atom. The third-order valence-electron chi connectivity index (χ3n) is 2.56. The zero-order chi connectivity index (χ0) is 13.4. The number of nitrogens with zero attached hydrogens (tertiary/aromatic N) is 2. The molecule has 94 valence electrons. The smallest absolute Gasteiger partial charge is 0.259 e. The minimum atomic E-state index is -0.757. The van der Waals surface area contributed by atoms with E-state index < -0.39 is 11.4 Å². The highest BCUT2D eigenvalue weighted by Gasteiger charge is 2.16. The maximum absolute atomic E-state index is 14.0. The normalized spacial score (nSPS) is 10.7. The molecule has 2 rings (SSSR count). The van der Waals surface area contributed by atoms with Gasteiger partial charge in [-0.15, -0.1) is 0 Å². The van der Waals surface area contributed by atoms with Gasteiger partial charge in [-0.1, -0.05) is 11.6 Å². The lowest BCUT2D eigenvalue weighted by Gasteiger charge is -2.13. The second-order valence-corrected chi connectivity index (χ2v) is 4.28. The number of aromatic nitrogens is 2. The zero-order valence-corrected chi connectivity index (χ0v) is 10.5. The molecule has 0 fully saturated rings. The summed E-state index contributed by atoms with van der Waals surface area (Å²) in [5.41, 5.74) is 0.409. The van der Waals surface area contributed by atoms with E-state index in [1.54, 1.807) is 13.8 Å². The molecule has 0 aliphatic rings. The highest BCUT2D eigenvalue weighted by Crippen LogP contribution is 2.23. The minimum absolute atomic E-state index is 0.0532. The van der Waals surface area contributed by atoms with Gasteiger partial charge >= 0.3 is 0 Å². The molecule has 2 aromatic heterocycles. The Labute approximate surface area is 107 Å². The summed E-state index contributed by atoms with van der Waals surface area (Å²) in [6.45, 7) is 3.22. The summed E-state index contributed by atoms with van der Waals surface area (Å²) in [6, 6.07) is 2.38. The van der Waals surface area contributed by atoms with Crippen LogP contribution in [0.4, 0.5) is 4.39 Å². The van der Waals surface area contributed by atoms with Crippen LogP contribution in [0.2, 0.25) is 5.15 Å². The summed E-state index contributed by atoms with van der Waals surface area (Å²) in [4.78, 5) is 15.5. The number of halogens is 2. The van der Waals surface area contributed by atoms with E-state index in [4.69, 9.17) is 11.6 Å². The van der Waals surface area contributed by atoms with E-state index in [0.29, 0.717) is 11.3 Å². The fraction of sp³-hybridized carbons (Fsp3) is 0.167. The molecule has 0 atom stereocenters. The first-order valence-electron chi connectivity index (χ1n) is 5.15. The SMILES string of the molecule is Cc1cnc(Cl)c(F)c1-n1c(C)cc(O)cc1=O. The summed E-state index contributed by atoms with van der Waals surface area (Å²) in [6.07, 6.45) is 1.39. The van der Waals surface area contributed by atoms with Crippen molar-refractivity contribution in [2.75, 3.05) is 0 Å². The van der Waals surface area contributed by atoms with Crippen LogP contribution in [0.1, 0.15) is 11.3 Å². The summed E-state index contributed by atoms with van der Waals surface area (Å²) in [5, 5.41) is 9.02. The first kappa shape index (κ1) is 12.6. The molecule has 0 saturated heterocycles. The second-order valence-electron chi connectivity index (χ2n) is 3.92. The summed E-state index contributed by atoms with van der Waals surface area (Å²) < 4.78 is 15.1. The first-order chi connectivity index (χ1) is 8.41. The maximum Gasteiger partial charge on any atom is 0.259 e. The molecule has 0 radical (unpaired) electrons. The number of aromatic hydroxyl groups is 1. The van der Waals surface area contributed by atoms with Crippen molar-refractivity contribution in [1.82, 2.24) is 9.55 Å². The lowest BCUT2D eigenvalue weighted by molar-refractivity contribution is 0.471. The molecule has 0 amide bonds. The summed E-state index contributed by atoms with van der Waals surface area (Å²) in [5.74, 6) is -0.917. The van der Waals surface area contributed by atoms with Crippen molar-refractivity contribution in [3.63, 3.8) is 0 Å². The Kier molecular flexibility index (Phi) is 3.09. The monoisotopic (exact) mass is 268 g/mol. The number of aryl methyl sites for hydroxylation is 2. The molecule has 0 aliphatic heterocycles. The van der Waals surface area contributed by atoms with Gasteiger partial charge in [0.2, 0.25) is 0 Å². The molecule has 0 bridgehead atoms. The third kappa shape index (κ3) is 1.97. The van der Waals surface area contributed by atoms with Gasteiger partial charge < -0.3 is 5.11 Å². The van der Waals surface area contributed by atoms with Crippen LogP contribution in [0.3, 0.4) is 0 Å². The van der Waals surface area contributed by atoms with Crippen LogP contribution in [-0.4, -0.2) is 14.7 Å².